The Morgan fingerprint density at radius 2 is 1.42 bits per heavy atom. The fourth-order valence-electron chi connectivity index (χ4n) is 2.78. The van der Waals surface area contributed by atoms with Gasteiger partial charge in [0.15, 0.2) is 0 Å². The number of benzene rings is 2. The molecule has 0 aliphatic heterocycles. The number of nitrogens with zero attached hydrogens (tertiary/aromatic N) is 2. The molecule has 2 N–H and O–H groups in total. The van der Waals surface area contributed by atoms with E-state index in [0.717, 1.165) is 5.56 Å². The Bertz CT molecular complexity index is 950. The highest BCUT2D eigenvalue weighted by molar-refractivity contribution is 6.42. The van der Waals surface area contributed by atoms with Gasteiger partial charge in [-0.05, 0) is 51.2 Å². The van der Waals surface area contributed by atoms with E-state index in [-0.39, 0.29) is 30.8 Å². The Kier molecular flexibility index (Phi) is 8.86. The summed E-state index contributed by atoms with van der Waals surface area (Å²) in [7, 11) is 3.22. The van der Waals surface area contributed by atoms with Crippen LogP contribution in [-0.2, 0) is 14.4 Å². The van der Waals surface area contributed by atoms with Gasteiger partial charge in [-0.2, -0.15) is 0 Å². The fraction of sp³-hybridized carbons (Fsp3) is 0.318. The largest absolute Gasteiger partial charge is 0.335 e. The third-order valence-corrected chi connectivity index (χ3v) is 5.45. The number of nitrogens with one attached hydrogen (secondary N) is 2. The second-order valence-corrected chi connectivity index (χ2v) is 8.19. The first-order valence-corrected chi connectivity index (χ1v) is 10.4. The monoisotopic (exact) mass is 464 g/mol. The van der Waals surface area contributed by atoms with E-state index in [1.54, 1.807) is 56.3 Å². The van der Waals surface area contributed by atoms with Crippen molar-refractivity contribution in [3.05, 3.63) is 58.1 Å². The zero-order chi connectivity index (χ0) is 23.1. The Hall–Kier alpha value is -2.61. The van der Waals surface area contributed by atoms with Gasteiger partial charge in [0.05, 0.1) is 29.2 Å². The van der Waals surface area contributed by atoms with Crippen LogP contribution in [0.2, 0.25) is 10.0 Å². The van der Waals surface area contributed by atoms with E-state index in [1.807, 2.05) is 19.1 Å². The van der Waals surface area contributed by atoms with Crippen LogP contribution in [0, 0.1) is 6.92 Å². The highest BCUT2D eigenvalue weighted by Crippen LogP contribution is 2.25. The number of halogens is 2. The maximum absolute atomic E-state index is 12.7. The smallest absolute Gasteiger partial charge is 0.243 e. The van der Waals surface area contributed by atoms with Crippen LogP contribution >= 0.6 is 23.2 Å². The van der Waals surface area contributed by atoms with Crippen molar-refractivity contribution in [3.63, 3.8) is 0 Å². The first kappa shape index (κ1) is 24.7. The summed E-state index contributed by atoms with van der Waals surface area (Å²) in [6, 6.07) is 11.6. The average molecular weight is 465 g/mol. The Morgan fingerprint density at radius 1 is 0.871 bits per heavy atom. The Morgan fingerprint density at radius 3 is 2.03 bits per heavy atom. The first-order chi connectivity index (χ1) is 14.6. The van der Waals surface area contributed by atoms with Gasteiger partial charge in [-0.15, -0.1) is 0 Å². The Labute approximate surface area is 192 Å². The van der Waals surface area contributed by atoms with Gasteiger partial charge in [0.1, 0.15) is 0 Å². The molecule has 0 aromatic heterocycles. The van der Waals surface area contributed by atoms with E-state index in [9.17, 15) is 14.4 Å². The molecule has 0 aliphatic carbocycles. The lowest BCUT2D eigenvalue weighted by Crippen LogP contribution is -2.48. The molecule has 0 saturated heterocycles. The third kappa shape index (κ3) is 7.54. The van der Waals surface area contributed by atoms with E-state index >= 15 is 0 Å². The predicted octanol–water partition coefficient (Wildman–Crippen LogP) is 3.66. The standard InChI is InChI=1S/C22H26Cl2N4O3/c1-14-5-7-16(8-6-14)25-21(30)13-28(4)22(31)15(2)27(3)12-20(29)26-17-9-10-18(23)19(24)11-17/h5-11,15H,12-13H2,1-4H3,(H,25,30)(H,26,29)/t15-/m1/s1. The molecule has 7 nitrogen and oxygen atoms in total. The van der Waals surface area contributed by atoms with Crippen molar-refractivity contribution in [1.29, 1.82) is 0 Å². The van der Waals surface area contributed by atoms with Gasteiger partial charge >= 0.3 is 0 Å². The predicted molar refractivity (Wildman–Crippen MR) is 125 cm³/mol. The van der Waals surface area contributed by atoms with E-state index in [0.29, 0.717) is 21.4 Å². The van der Waals surface area contributed by atoms with E-state index in [2.05, 4.69) is 10.6 Å². The number of hydrogen-bond donors (Lipinski definition) is 2. The highest BCUT2D eigenvalue weighted by atomic mass is 35.5. The molecule has 0 saturated carbocycles. The van der Waals surface area contributed by atoms with Crippen LogP contribution in [0.1, 0.15) is 12.5 Å². The van der Waals surface area contributed by atoms with Crippen molar-refractivity contribution in [2.45, 2.75) is 19.9 Å². The SMILES string of the molecule is Cc1ccc(NC(=O)CN(C)C(=O)[C@@H](C)N(C)CC(=O)Nc2ccc(Cl)c(Cl)c2)cc1. The summed E-state index contributed by atoms with van der Waals surface area (Å²) in [5.41, 5.74) is 2.27. The van der Waals surface area contributed by atoms with Crippen LogP contribution in [0.4, 0.5) is 11.4 Å². The summed E-state index contributed by atoms with van der Waals surface area (Å²) in [6.07, 6.45) is 0. The molecule has 2 rings (SSSR count). The number of rotatable bonds is 8. The summed E-state index contributed by atoms with van der Waals surface area (Å²) in [4.78, 5) is 40.2. The molecule has 0 fully saturated rings. The minimum atomic E-state index is -0.600. The van der Waals surface area contributed by atoms with Crippen LogP contribution in [0.15, 0.2) is 42.5 Å². The molecule has 166 valence electrons. The number of anilines is 2. The van der Waals surface area contributed by atoms with Crippen molar-refractivity contribution in [2.75, 3.05) is 37.8 Å². The van der Waals surface area contributed by atoms with Gasteiger partial charge in [-0.25, -0.2) is 0 Å². The fourth-order valence-corrected chi connectivity index (χ4v) is 3.07. The number of likely N-dealkylation sites (N-methyl/N-ethyl adjacent to an activating group) is 2. The molecule has 31 heavy (non-hydrogen) atoms. The molecular formula is C22H26Cl2N4O3. The molecule has 0 radical (unpaired) electrons. The van der Waals surface area contributed by atoms with Crippen LogP contribution in [0.5, 0.6) is 0 Å². The van der Waals surface area contributed by atoms with Crippen LogP contribution in [0.3, 0.4) is 0 Å². The highest BCUT2D eigenvalue weighted by Gasteiger charge is 2.24. The Balaban J connectivity index is 1.85. The summed E-state index contributed by atoms with van der Waals surface area (Å²) in [5.74, 6) is -0.879. The number of carbonyl (C=O) groups is 3. The second kappa shape index (κ2) is 11.1. The van der Waals surface area contributed by atoms with Gasteiger partial charge in [0.25, 0.3) is 0 Å². The molecule has 0 unspecified atom stereocenters. The van der Waals surface area contributed by atoms with Gasteiger partial charge in [-0.3, -0.25) is 19.3 Å². The van der Waals surface area contributed by atoms with Gasteiger partial charge < -0.3 is 15.5 Å². The lowest BCUT2D eigenvalue weighted by Gasteiger charge is -2.27. The average Bonchev–Trinajstić information content (AvgIpc) is 2.71. The van der Waals surface area contributed by atoms with Crippen molar-refractivity contribution in [2.24, 2.45) is 0 Å². The van der Waals surface area contributed by atoms with Gasteiger partial charge in [0.2, 0.25) is 17.7 Å². The van der Waals surface area contributed by atoms with Crippen molar-refractivity contribution in [1.82, 2.24) is 9.80 Å². The van der Waals surface area contributed by atoms with Crippen LogP contribution in [-0.4, -0.2) is 60.7 Å². The normalized spacial score (nSPS) is 11.7. The quantitative estimate of drug-likeness (QED) is 0.624. The van der Waals surface area contributed by atoms with Crippen LogP contribution in [0.25, 0.3) is 0 Å². The zero-order valence-electron chi connectivity index (χ0n) is 17.9. The van der Waals surface area contributed by atoms with Crippen molar-refractivity contribution >= 4 is 52.3 Å². The number of aryl methyl sites for hydroxylation is 1. The lowest BCUT2D eigenvalue weighted by molar-refractivity contribution is -0.137. The van der Waals surface area contributed by atoms with Gasteiger partial charge in [0, 0.05) is 18.4 Å². The number of carbonyl (C=O) groups excluding carboxylic acids is 3. The molecule has 9 heteroatoms. The molecular weight excluding hydrogens is 439 g/mol. The molecule has 0 bridgehead atoms. The lowest BCUT2D eigenvalue weighted by atomic mass is 10.2. The molecule has 3 amide bonds. The molecule has 1 atom stereocenters. The topological polar surface area (TPSA) is 81.8 Å². The zero-order valence-corrected chi connectivity index (χ0v) is 19.4. The third-order valence-electron chi connectivity index (χ3n) is 4.71. The number of hydrogen-bond acceptors (Lipinski definition) is 4. The maximum atomic E-state index is 12.7. The summed E-state index contributed by atoms with van der Waals surface area (Å²) >= 11 is 11.8. The molecule has 2 aromatic carbocycles. The summed E-state index contributed by atoms with van der Waals surface area (Å²) < 4.78 is 0. The summed E-state index contributed by atoms with van der Waals surface area (Å²) in [6.45, 7) is 3.53. The van der Waals surface area contributed by atoms with E-state index < -0.39 is 6.04 Å². The van der Waals surface area contributed by atoms with Crippen molar-refractivity contribution < 1.29 is 14.4 Å². The van der Waals surface area contributed by atoms with Crippen molar-refractivity contribution in [3.8, 4) is 0 Å². The first-order valence-electron chi connectivity index (χ1n) is 9.63. The number of amides is 3. The second-order valence-electron chi connectivity index (χ2n) is 7.38. The molecule has 2 aromatic rings. The molecule has 0 heterocycles. The molecule has 0 aliphatic rings. The van der Waals surface area contributed by atoms with E-state index in [4.69, 9.17) is 23.2 Å². The summed E-state index contributed by atoms with van der Waals surface area (Å²) in [5, 5.41) is 6.20. The maximum Gasteiger partial charge on any atom is 0.243 e. The molecule has 0 spiro atoms. The van der Waals surface area contributed by atoms with Gasteiger partial charge in [-0.1, -0.05) is 40.9 Å². The minimum absolute atomic E-state index is 0.0173. The van der Waals surface area contributed by atoms with E-state index in [1.165, 1.54) is 4.90 Å². The van der Waals surface area contributed by atoms with Crippen LogP contribution < -0.4 is 10.6 Å². The minimum Gasteiger partial charge on any atom is -0.335 e.